The molecule has 0 saturated heterocycles. The third kappa shape index (κ3) is 3.75. The SMILES string of the molecule is CCC(O)(CC)CNC(=O)C1CCC2CCCCC2C1. The lowest BCUT2D eigenvalue weighted by atomic mass is 9.67. The highest BCUT2D eigenvalue weighted by atomic mass is 16.3. The Bertz CT molecular complexity index is 325. The normalized spacial score (nSPS) is 30.6. The van der Waals surface area contributed by atoms with Gasteiger partial charge in [-0.1, -0.05) is 39.5 Å². The summed E-state index contributed by atoms with van der Waals surface area (Å²) < 4.78 is 0. The van der Waals surface area contributed by atoms with Gasteiger partial charge in [0, 0.05) is 12.5 Å². The predicted molar refractivity (Wildman–Crippen MR) is 81.3 cm³/mol. The first-order chi connectivity index (χ1) is 9.58. The number of carbonyl (C=O) groups is 1. The van der Waals surface area contributed by atoms with E-state index < -0.39 is 5.60 Å². The van der Waals surface area contributed by atoms with Crippen LogP contribution < -0.4 is 5.32 Å². The minimum Gasteiger partial charge on any atom is -0.388 e. The summed E-state index contributed by atoms with van der Waals surface area (Å²) in [7, 11) is 0. The number of hydrogen-bond donors (Lipinski definition) is 2. The molecule has 2 aliphatic rings. The van der Waals surface area contributed by atoms with Gasteiger partial charge in [-0.05, 0) is 43.9 Å². The van der Waals surface area contributed by atoms with Gasteiger partial charge in [0.15, 0.2) is 0 Å². The fraction of sp³-hybridized carbons (Fsp3) is 0.941. The lowest BCUT2D eigenvalue weighted by Crippen LogP contribution is -2.45. The second-order valence-corrected chi connectivity index (χ2v) is 6.96. The van der Waals surface area contributed by atoms with Gasteiger partial charge in [0.05, 0.1) is 5.60 Å². The van der Waals surface area contributed by atoms with Gasteiger partial charge >= 0.3 is 0 Å². The smallest absolute Gasteiger partial charge is 0.223 e. The van der Waals surface area contributed by atoms with Crippen molar-refractivity contribution < 1.29 is 9.90 Å². The lowest BCUT2D eigenvalue weighted by molar-refractivity contribution is -0.128. The second kappa shape index (κ2) is 6.93. The highest BCUT2D eigenvalue weighted by Gasteiger charge is 2.35. The number of nitrogens with one attached hydrogen (secondary N) is 1. The molecule has 20 heavy (non-hydrogen) atoms. The summed E-state index contributed by atoms with van der Waals surface area (Å²) in [6, 6.07) is 0. The summed E-state index contributed by atoms with van der Waals surface area (Å²) in [5, 5.41) is 13.3. The Kier molecular flexibility index (Phi) is 5.48. The first-order valence-electron chi connectivity index (χ1n) is 8.58. The van der Waals surface area contributed by atoms with Crippen molar-refractivity contribution in [2.75, 3.05) is 6.54 Å². The van der Waals surface area contributed by atoms with Crippen LogP contribution >= 0.6 is 0 Å². The molecule has 2 rings (SSSR count). The quantitative estimate of drug-likeness (QED) is 0.812. The maximum atomic E-state index is 12.3. The second-order valence-electron chi connectivity index (χ2n) is 6.96. The standard InChI is InChI=1S/C17H31NO2/c1-3-17(20,4-2)12-18-16(19)15-10-9-13-7-5-6-8-14(13)11-15/h13-15,20H,3-12H2,1-2H3,(H,18,19). The molecule has 3 unspecified atom stereocenters. The van der Waals surface area contributed by atoms with Gasteiger partial charge in [-0.2, -0.15) is 0 Å². The maximum absolute atomic E-state index is 12.3. The van der Waals surface area contributed by atoms with Gasteiger partial charge in [-0.25, -0.2) is 0 Å². The highest BCUT2D eigenvalue weighted by Crippen LogP contribution is 2.42. The maximum Gasteiger partial charge on any atom is 0.223 e. The minimum atomic E-state index is -0.725. The van der Waals surface area contributed by atoms with Crippen molar-refractivity contribution in [3.05, 3.63) is 0 Å². The molecule has 2 aliphatic carbocycles. The van der Waals surface area contributed by atoms with Crippen LogP contribution in [0.5, 0.6) is 0 Å². The zero-order valence-corrected chi connectivity index (χ0v) is 13.2. The van der Waals surface area contributed by atoms with E-state index in [9.17, 15) is 9.90 Å². The summed E-state index contributed by atoms with van der Waals surface area (Å²) in [4.78, 5) is 12.3. The van der Waals surface area contributed by atoms with Crippen molar-refractivity contribution in [2.24, 2.45) is 17.8 Å². The largest absolute Gasteiger partial charge is 0.388 e. The van der Waals surface area contributed by atoms with E-state index >= 15 is 0 Å². The molecule has 2 fully saturated rings. The van der Waals surface area contributed by atoms with E-state index in [0.717, 1.165) is 24.7 Å². The van der Waals surface area contributed by atoms with E-state index in [-0.39, 0.29) is 11.8 Å². The van der Waals surface area contributed by atoms with Crippen LogP contribution in [0.25, 0.3) is 0 Å². The summed E-state index contributed by atoms with van der Waals surface area (Å²) in [5.74, 6) is 2.03. The van der Waals surface area contributed by atoms with Crippen LogP contribution in [0.3, 0.4) is 0 Å². The van der Waals surface area contributed by atoms with Crippen molar-refractivity contribution in [1.29, 1.82) is 0 Å². The van der Waals surface area contributed by atoms with Crippen LogP contribution in [0.15, 0.2) is 0 Å². The van der Waals surface area contributed by atoms with Crippen LogP contribution in [-0.2, 0) is 4.79 Å². The van der Waals surface area contributed by atoms with Crippen molar-refractivity contribution in [1.82, 2.24) is 5.32 Å². The molecule has 0 aromatic rings. The molecule has 3 nitrogen and oxygen atoms in total. The van der Waals surface area contributed by atoms with Crippen molar-refractivity contribution in [2.45, 2.75) is 77.2 Å². The third-order valence-corrected chi connectivity index (χ3v) is 5.82. The zero-order chi connectivity index (χ0) is 14.6. The Morgan fingerprint density at radius 1 is 1.10 bits per heavy atom. The molecule has 1 amide bonds. The Labute approximate surface area is 123 Å². The topological polar surface area (TPSA) is 49.3 Å². The van der Waals surface area contributed by atoms with E-state index in [1.807, 2.05) is 13.8 Å². The number of hydrogen-bond acceptors (Lipinski definition) is 2. The van der Waals surface area contributed by atoms with E-state index in [0.29, 0.717) is 19.4 Å². The Hall–Kier alpha value is -0.570. The van der Waals surface area contributed by atoms with Crippen molar-refractivity contribution in [3.63, 3.8) is 0 Å². The van der Waals surface area contributed by atoms with Gasteiger partial charge in [0.1, 0.15) is 0 Å². The number of rotatable bonds is 5. The van der Waals surface area contributed by atoms with Crippen molar-refractivity contribution in [3.8, 4) is 0 Å². The van der Waals surface area contributed by atoms with Gasteiger partial charge in [-0.3, -0.25) is 4.79 Å². The zero-order valence-electron chi connectivity index (χ0n) is 13.2. The molecule has 2 saturated carbocycles. The number of amides is 1. The van der Waals surface area contributed by atoms with Gasteiger partial charge in [-0.15, -0.1) is 0 Å². The van der Waals surface area contributed by atoms with Crippen molar-refractivity contribution >= 4 is 5.91 Å². The van der Waals surface area contributed by atoms with E-state index in [2.05, 4.69) is 5.32 Å². The predicted octanol–water partition coefficient (Wildman–Crippen LogP) is 3.26. The van der Waals surface area contributed by atoms with Gasteiger partial charge in [0.25, 0.3) is 0 Å². The number of aliphatic hydroxyl groups is 1. The van der Waals surface area contributed by atoms with Crippen LogP contribution in [0.4, 0.5) is 0 Å². The molecular formula is C17H31NO2. The summed E-state index contributed by atoms with van der Waals surface area (Å²) in [6.45, 7) is 4.36. The Balaban J connectivity index is 1.81. The lowest BCUT2D eigenvalue weighted by Gasteiger charge is -2.39. The Morgan fingerprint density at radius 2 is 1.75 bits per heavy atom. The number of fused-ring (bicyclic) bond motifs is 1. The van der Waals surface area contributed by atoms with Crippen LogP contribution in [0, 0.1) is 17.8 Å². The minimum absolute atomic E-state index is 0.175. The summed E-state index contributed by atoms with van der Waals surface area (Å²) in [6.07, 6.45) is 10.2. The summed E-state index contributed by atoms with van der Waals surface area (Å²) >= 11 is 0. The van der Waals surface area contributed by atoms with E-state index in [4.69, 9.17) is 0 Å². The third-order valence-electron chi connectivity index (χ3n) is 5.82. The molecular weight excluding hydrogens is 250 g/mol. The number of carbonyl (C=O) groups excluding carboxylic acids is 1. The van der Waals surface area contributed by atoms with Crippen LogP contribution in [0.2, 0.25) is 0 Å². The van der Waals surface area contributed by atoms with E-state index in [1.54, 1.807) is 0 Å². The molecule has 0 radical (unpaired) electrons. The molecule has 116 valence electrons. The van der Waals surface area contributed by atoms with Gasteiger partial charge in [0.2, 0.25) is 5.91 Å². The van der Waals surface area contributed by atoms with Gasteiger partial charge < -0.3 is 10.4 Å². The highest BCUT2D eigenvalue weighted by molar-refractivity contribution is 5.78. The Morgan fingerprint density at radius 3 is 2.40 bits per heavy atom. The first-order valence-corrected chi connectivity index (χ1v) is 8.58. The molecule has 3 heteroatoms. The molecule has 0 bridgehead atoms. The average Bonchev–Trinajstić information content (AvgIpc) is 2.51. The molecule has 0 aliphatic heterocycles. The summed E-state index contributed by atoms with van der Waals surface area (Å²) in [5.41, 5.74) is -0.725. The van der Waals surface area contributed by atoms with E-state index in [1.165, 1.54) is 32.1 Å². The van der Waals surface area contributed by atoms with Crippen LogP contribution in [-0.4, -0.2) is 23.2 Å². The average molecular weight is 281 g/mol. The molecule has 0 spiro atoms. The fourth-order valence-corrected chi connectivity index (χ4v) is 4.01. The molecule has 2 N–H and O–H groups in total. The first kappa shape index (κ1) is 15.8. The van der Waals surface area contributed by atoms with Crippen LogP contribution in [0.1, 0.15) is 71.6 Å². The molecule has 0 aromatic carbocycles. The molecule has 0 heterocycles. The fourth-order valence-electron chi connectivity index (χ4n) is 4.01. The monoisotopic (exact) mass is 281 g/mol. The molecule has 0 aromatic heterocycles. The molecule has 3 atom stereocenters.